The number of halogens is 3. The molecule has 1 unspecified atom stereocenters. The van der Waals surface area contributed by atoms with Gasteiger partial charge in [0.25, 0.3) is 0 Å². The molecule has 0 radical (unpaired) electrons. The molecule has 0 bridgehead atoms. The van der Waals surface area contributed by atoms with Crippen LogP contribution in [0.5, 0.6) is 5.75 Å². The van der Waals surface area contributed by atoms with Gasteiger partial charge in [-0.3, -0.25) is 0 Å². The van der Waals surface area contributed by atoms with E-state index in [1.54, 1.807) is 24.3 Å². The zero-order valence-corrected chi connectivity index (χ0v) is 13.3. The molecular formula is C16H16Cl2FNO. The second-order valence-electron chi connectivity index (χ2n) is 4.52. The molecule has 0 aromatic heterocycles. The summed E-state index contributed by atoms with van der Waals surface area (Å²) >= 11 is 12.0. The standard InChI is InChI=1S/C16H16Cl2FNO/c1-3-20-16(10-7-8-11(17)12(18)9-10)15-13(19)5-4-6-14(15)21-2/h4-9,16,20H,3H2,1-2H3. The van der Waals surface area contributed by atoms with Crippen molar-refractivity contribution in [1.82, 2.24) is 5.32 Å². The topological polar surface area (TPSA) is 21.3 Å². The van der Waals surface area contributed by atoms with Gasteiger partial charge in [-0.1, -0.05) is 42.3 Å². The van der Waals surface area contributed by atoms with Crippen LogP contribution in [0.25, 0.3) is 0 Å². The van der Waals surface area contributed by atoms with E-state index in [0.29, 0.717) is 27.9 Å². The summed E-state index contributed by atoms with van der Waals surface area (Å²) in [6, 6.07) is 9.68. The lowest BCUT2D eigenvalue weighted by Gasteiger charge is -2.22. The number of hydrogen-bond acceptors (Lipinski definition) is 2. The van der Waals surface area contributed by atoms with Crippen LogP contribution in [0, 0.1) is 5.82 Å². The van der Waals surface area contributed by atoms with Gasteiger partial charge in [0, 0.05) is 0 Å². The van der Waals surface area contributed by atoms with Crippen LogP contribution in [-0.4, -0.2) is 13.7 Å². The molecule has 0 spiro atoms. The second kappa shape index (κ2) is 7.12. The molecule has 2 rings (SSSR count). The molecule has 21 heavy (non-hydrogen) atoms. The number of hydrogen-bond donors (Lipinski definition) is 1. The smallest absolute Gasteiger partial charge is 0.132 e. The molecule has 0 amide bonds. The monoisotopic (exact) mass is 327 g/mol. The van der Waals surface area contributed by atoms with E-state index in [1.807, 2.05) is 13.0 Å². The SMILES string of the molecule is CCNC(c1ccc(Cl)c(Cl)c1)c1c(F)cccc1OC. The summed E-state index contributed by atoms with van der Waals surface area (Å²) in [6.07, 6.45) is 0. The third-order valence-corrected chi connectivity index (χ3v) is 3.95. The van der Waals surface area contributed by atoms with Crippen LogP contribution >= 0.6 is 23.2 Å². The molecule has 2 nitrogen and oxygen atoms in total. The van der Waals surface area contributed by atoms with E-state index in [2.05, 4.69) is 5.32 Å². The van der Waals surface area contributed by atoms with Crippen LogP contribution in [0.15, 0.2) is 36.4 Å². The van der Waals surface area contributed by atoms with E-state index in [1.165, 1.54) is 13.2 Å². The van der Waals surface area contributed by atoms with Crippen molar-refractivity contribution in [2.75, 3.05) is 13.7 Å². The number of benzene rings is 2. The number of nitrogens with one attached hydrogen (secondary N) is 1. The maximum Gasteiger partial charge on any atom is 0.132 e. The Hall–Kier alpha value is -1.29. The van der Waals surface area contributed by atoms with Crippen LogP contribution < -0.4 is 10.1 Å². The molecule has 0 saturated heterocycles. The van der Waals surface area contributed by atoms with E-state index in [0.717, 1.165) is 5.56 Å². The molecule has 1 N–H and O–H groups in total. The predicted octanol–water partition coefficient (Wildman–Crippen LogP) is 4.84. The Kier molecular flexibility index (Phi) is 5.45. The lowest BCUT2D eigenvalue weighted by atomic mass is 9.97. The summed E-state index contributed by atoms with van der Waals surface area (Å²) in [5.41, 5.74) is 1.29. The fourth-order valence-electron chi connectivity index (χ4n) is 2.26. The third kappa shape index (κ3) is 3.49. The van der Waals surface area contributed by atoms with Gasteiger partial charge in [-0.25, -0.2) is 4.39 Å². The predicted molar refractivity (Wildman–Crippen MR) is 84.9 cm³/mol. The summed E-state index contributed by atoms with van der Waals surface area (Å²) < 4.78 is 19.6. The van der Waals surface area contributed by atoms with E-state index in [9.17, 15) is 4.39 Å². The molecule has 112 valence electrons. The molecule has 5 heteroatoms. The highest BCUT2D eigenvalue weighted by molar-refractivity contribution is 6.42. The highest BCUT2D eigenvalue weighted by Crippen LogP contribution is 2.34. The van der Waals surface area contributed by atoms with Crippen LogP contribution in [0.4, 0.5) is 4.39 Å². The summed E-state index contributed by atoms with van der Waals surface area (Å²) in [6.45, 7) is 2.63. The quantitative estimate of drug-likeness (QED) is 0.848. The van der Waals surface area contributed by atoms with Gasteiger partial charge in [0.05, 0.1) is 28.8 Å². The van der Waals surface area contributed by atoms with Crippen LogP contribution in [0.1, 0.15) is 24.1 Å². The van der Waals surface area contributed by atoms with E-state index < -0.39 is 0 Å². The molecule has 0 aliphatic heterocycles. The van der Waals surface area contributed by atoms with Crippen LogP contribution in [0.2, 0.25) is 10.0 Å². The third-order valence-electron chi connectivity index (χ3n) is 3.21. The number of ether oxygens (including phenoxy) is 1. The van der Waals surface area contributed by atoms with E-state index in [-0.39, 0.29) is 11.9 Å². The van der Waals surface area contributed by atoms with Gasteiger partial charge in [-0.2, -0.15) is 0 Å². The van der Waals surface area contributed by atoms with Crippen LogP contribution in [-0.2, 0) is 0 Å². The Balaban J connectivity index is 2.55. The first-order valence-corrected chi connectivity index (χ1v) is 7.34. The van der Waals surface area contributed by atoms with Crippen molar-refractivity contribution in [2.24, 2.45) is 0 Å². The van der Waals surface area contributed by atoms with Gasteiger partial charge in [0.1, 0.15) is 11.6 Å². The van der Waals surface area contributed by atoms with Gasteiger partial charge >= 0.3 is 0 Å². The maximum atomic E-state index is 14.3. The first kappa shape index (κ1) is 16.1. The first-order chi connectivity index (χ1) is 10.1. The molecule has 0 aliphatic carbocycles. The second-order valence-corrected chi connectivity index (χ2v) is 5.33. The summed E-state index contributed by atoms with van der Waals surface area (Å²) in [7, 11) is 1.52. The average molecular weight is 328 g/mol. The first-order valence-electron chi connectivity index (χ1n) is 6.59. The number of methoxy groups -OCH3 is 1. The molecule has 0 aliphatic rings. The minimum atomic E-state index is -0.360. The normalized spacial score (nSPS) is 12.2. The van der Waals surface area contributed by atoms with E-state index in [4.69, 9.17) is 27.9 Å². The van der Waals surface area contributed by atoms with Gasteiger partial charge in [-0.15, -0.1) is 0 Å². The van der Waals surface area contributed by atoms with Gasteiger partial charge < -0.3 is 10.1 Å². The zero-order chi connectivity index (χ0) is 15.4. The fourth-order valence-corrected chi connectivity index (χ4v) is 2.56. The maximum absolute atomic E-state index is 14.3. The Morgan fingerprint density at radius 3 is 2.57 bits per heavy atom. The van der Waals surface area contributed by atoms with Gasteiger partial charge in [0.2, 0.25) is 0 Å². The van der Waals surface area contributed by atoms with E-state index >= 15 is 0 Å². The van der Waals surface area contributed by atoms with Crippen molar-refractivity contribution in [3.05, 3.63) is 63.4 Å². The largest absolute Gasteiger partial charge is 0.496 e. The Morgan fingerprint density at radius 1 is 1.19 bits per heavy atom. The minimum absolute atomic E-state index is 0.327. The van der Waals surface area contributed by atoms with Crippen molar-refractivity contribution < 1.29 is 9.13 Å². The average Bonchev–Trinajstić information content (AvgIpc) is 2.48. The molecule has 0 fully saturated rings. The summed E-state index contributed by atoms with van der Waals surface area (Å²) in [5.74, 6) is 0.165. The lowest BCUT2D eigenvalue weighted by molar-refractivity contribution is 0.397. The molecule has 2 aromatic carbocycles. The molecule has 0 heterocycles. The van der Waals surface area contributed by atoms with Crippen LogP contribution in [0.3, 0.4) is 0 Å². The highest BCUT2D eigenvalue weighted by atomic mass is 35.5. The highest BCUT2D eigenvalue weighted by Gasteiger charge is 2.22. The van der Waals surface area contributed by atoms with Crippen molar-refractivity contribution in [3.63, 3.8) is 0 Å². The Bertz CT molecular complexity index is 634. The zero-order valence-electron chi connectivity index (χ0n) is 11.8. The number of rotatable bonds is 5. The van der Waals surface area contributed by atoms with Crippen molar-refractivity contribution in [2.45, 2.75) is 13.0 Å². The fraction of sp³-hybridized carbons (Fsp3) is 0.250. The Labute approximate surface area is 133 Å². The lowest BCUT2D eigenvalue weighted by Crippen LogP contribution is -2.23. The van der Waals surface area contributed by atoms with Crippen molar-refractivity contribution in [1.29, 1.82) is 0 Å². The Morgan fingerprint density at radius 2 is 1.95 bits per heavy atom. The van der Waals surface area contributed by atoms with Gasteiger partial charge in [0.15, 0.2) is 0 Å². The summed E-state index contributed by atoms with van der Waals surface area (Å²) in [5, 5.41) is 4.16. The molecular weight excluding hydrogens is 312 g/mol. The summed E-state index contributed by atoms with van der Waals surface area (Å²) in [4.78, 5) is 0. The molecule has 0 saturated carbocycles. The van der Waals surface area contributed by atoms with Crippen molar-refractivity contribution in [3.8, 4) is 5.75 Å². The van der Waals surface area contributed by atoms with Crippen molar-refractivity contribution >= 4 is 23.2 Å². The molecule has 2 aromatic rings. The van der Waals surface area contributed by atoms with Gasteiger partial charge in [-0.05, 0) is 36.4 Å². The molecule has 1 atom stereocenters. The minimum Gasteiger partial charge on any atom is -0.496 e.